The monoisotopic (exact) mass is 331 g/mol. The van der Waals surface area contributed by atoms with E-state index in [4.69, 9.17) is 0 Å². The van der Waals surface area contributed by atoms with Gasteiger partial charge in [0.1, 0.15) is 0 Å². The van der Waals surface area contributed by atoms with Gasteiger partial charge in [0.2, 0.25) is 5.91 Å². The molecule has 0 unspecified atom stereocenters. The lowest BCUT2D eigenvalue weighted by molar-refractivity contribution is -0.146. The summed E-state index contributed by atoms with van der Waals surface area (Å²) in [5.74, 6) is -3.06. The quantitative estimate of drug-likeness (QED) is 0.654. The molecule has 1 amide bonds. The Bertz CT molecular complexity index is 690. The summed E-state index contributed by atoms with van der Waals surface area (Å²) in [5, 5.41) is 12.1. The number of hydrogen-bond donors (Lipinski definition) is 2. The third-order valence-corrected chi connectivity index (χ3v) is 4.49. The van der Waals surface area contributed by atoms with Crippen LogP contribution in [0.5, 0.6) is 0 Å². The van der Waals surface area contributed by atoms with Crippen LogP contribution in [0.4, 0.5) is 5.69 Å². The van der Waals surface area contributed by atoms with Crippen molar-refractivity contribution in [2.45, 2.75) is 26.7 Å². The average Bonchev–Trinajstić information content (AvgIpc) is 2.56. The molecule has 6 nitrogen and oxygen atoms in total. The van der Waals surface area contributed by atoms with Gasteiger partial charge < -0.3 is 15.2 Å². The first-order valence-corrected chi connectivity index (χ1v) is 7.70. The number of esters is 1. The molecule has 0 radical (unpaired) electrons. The van der Waals surface area contributed by atoms with Crippen LogP contribution in [0.1, 0.15) is 37.0 Å². The van der Waals surface area contributed by atoms with Gasteiger partial charge in [-0.15, -0.1) is 0 Å². The molecule has 0 saturated carbocycles. The molecule has 0 saturated heterocycles. The second kappa shape index (κ2) is 7.29. The van der Waals surface area contributed by atoms with Crippen LogP contribution in [-0.2, 0) is 14.3 Å². The van der Waals surface area contributed by atoms with E-state index in [0.717, 1.165) is 11.1 Å². The molecule has 0 aliphatic heterocycles. The Morgan fingerprint density at radius 3 is 2.08 bits per heavy atom. The Balaban J connectivity index is 2.13. The molecule has 1 aromatic rings. The van der Waals surface area contributed by atoms with Crippen LogP contribution < -0.4 is 5.32 Å². The van der Waals surface area contributed by atoms with Gasteiger partial charge in [-0.3, -0.25) is 9.59 Å². The minimum absolute atomic E-state index is 0.319. The number of nitrogens with one attached hydrogen (secondary N) is 1. The van der Waals surface area contributed by atoms with E-state index in [9.17, 15) is 19.5 Å². The van der Waals surface area contributed by atoms with Crippen LogP contribution in [0.25, 0.3) is 0 Å². The van der Waals surface area contributed by atoms with Crippen molar-refractivity contribution in [3.63, 3.8) is 0 Å². The van der Waals surface area contributed by atoms with E-state index in [-0.39, 0.29) is 5.91 Å². The predicted molar refractivity (Wildman–Crippen MR) is 88.6 cm³/mol. The molecule has 128 valence electrons. The summed E-state index contributed by atoms with van der Waals surface area (Å²) in [5.41, 5.74) is 2.99. The van der Waals surface area contributed by atoms with Crippen molar-refractivity contribution in [3.05, 3.63) is 41.0 Å². The maximum absolute atomic E-state index is 12.5. The maximum Gasteiger partial charge on any atom is 0.337 e. The van der Waals surface area contributed by atoms with Crippen molar-refractivity contribution in [2.24, 2.45) is 11.8 Å². The topological polar surface area (TPSA) is 92.7 Å². The number of carboxylic acid groups (broad SMARTS) is 1. The van der Waals surface area contributed by atoms with Gasteiger partial charge >= 0.3 is 11.9 Å². The van der Waals surface area contributed by atoms with E-state index in [1.165, 1.54) is 7.11 Å². The molecule has 1 aliphatic carbocycles. The number of aliphatic carboxylic acids is 1. The van der Waals surface area contributed by atoms with Crippen molar-refractivity contribution in [2.75, 3.05) is 12.4 Å². The zero-order chi connectivity index (χ0) is 17.9. The molecule has 1 aromatic carbocycles. The summed E-state index contributed by atoms with van der Waals surface area (Å²) in [6, 6.07) is 6.28. The van der Waals surface area contributed by atoms with Crippen molar-refractivity contribution >= 4 is 23.5 Å². The van der Waals surface area contributed by atoms with Crippen LogP contribution in [0.3, 0.4) is 0 Å². The van der Waals surface area contributed by atoms with Crippen LogP contribution in [0, 0.1) is 11.8 Å². The number of allylic oxidation sites excluding steroid dienone is 2. The van der Waals surface area contributed by atoms with Crippen molar-refractivity contribution in [3.8, 4) is 0 Å². The van der Waals surface area contributed by atoms with E-state index in [2.05, 4.69) is 10.1 Å². The second-order valence-electron chi connectivity index (χ2n) is 6.08. The van der Waals surface area contributed by atoms with Crippen LogP contribution in [0.2, 0.25) is 0 Å². The molecular weight excluding hydrogens is 310 g/mol. The highest BCUT2D eigenvalue weighted by molar-refractivity contribution is 5.96. The third-order valence-electron chi connectivity index (χ3n) is 4.49. The molecule has 0 fully saturated rings. The Morgan fingerprint density at radius 2 is 1.58 bits per heavy atom. The van der Waals surface area contributed by atoms with E-state index < -0.39 is 23.8 Å². The molecule has 2 rings (SSSR count). The van der Waals surface area contributed by atoms with E-state index in [1.54, 1.807) is 24.3 Å². The summed E-state index contributed by atoms with van der Waals surface area (Å²) in [7, 11) is 1.30. The Hall–Kier alpha value is -2.63. The fraction of sp³-hybridized carbons (Fsp3) is 0.389. The van der Waals surface area contributed by atoms with Crippen molar-refractivity contribution in [1.82, 2.24) is 0 Å². The lowest BCUT2D eigenvalue weighted by atomic mass is 9.76. The van der Waals surface area contributed by atoms with Gasteiger partial charge in [0.05, 0.1) is 24.5 Å². The number of methoxy groups -OCH3 is 1. The lowest BCUT2D eigenvalue weighted by Crippen LogP contribution is -2.36. The van der Waals surface area contributed by atoms with E-state index in [1.807, 2.05) is 13.8 Å². The van der Waals surface area contributed by atoms with Gasteiger partial charge in [-0.2, -0.15) is 0 Å². The summed E-state index contributed by atoms with van der Waals surface area (Å²) < 4.78 is 4.62. The SMILES string of the molecule is COC(=O)c1ccc(NC(=O)[C@@H]2CC(C)=C(C)C[C@H]2C(=O)O)cc1. The highest BCUT2D eigenvalue weighted by Gasteiger charge is 2.37. The molecule has 0 bridgehead atoms. The first-order chi connectivity index (χ1) is 11.3. The molecule has 2 N–H and O–H groups in total. The maximum atomic E-state index is 12.5. The van der Waals surface area contributed by atoms with Crippen LogP contribution in [-0.4, -0.2) is 30.1 Å². The first-order valence-electron chi connectivity index (χ1n) is 7.70. The number of carbonyl (C=O) groups excluding carboxylic acids is 2. The predicted octanol–water partition coefficient (Wildman–Crippen LogP) is 2.86. The minimum Gasteiger partial charge on any atom is -0.481 e. The summed E-state index contributed by atoms with van der Waals surface area (Å²) in [6.45, 7) is 3.84. The summed E-state index contributed by atoms with van der Waals surface area (Å²) >= 11 is 0. The molecule has 6 heteroatoms. The number of amides is 1. The molecule has 0 heterocycles. The van der Waals surface area contributed by atoms with Gasteiger partial charge in [-0.1, -0.05) is 11.1 Å². The number of ether oxygens (including phenoxy) is 1. The minimum atomic E-state index is -0.956. The van der Waals surface area contributed by atoms with Gasteiger partial charge in [0, 0.05) is 5.69 Å². The zero-order valence-corrected chi connectivity index (χ0v) is 14.0. The molecule has 1 aliphatic rings. The largest absolute Gasteiger partial charge is 0.481 e. The number of hydrogen-bond acceptors (Lipinski definition) is 4. The fourth-order valence-corrected chi connectivity index (χ4v) is 2.87. The highest BCUT2D eigenvalue weighted by atomic mass is 16.5. The Morgan fingerprint density at radius 1 is 1.04 bits per heavy atom. The second-order valence-corrected chi connectivity index (χ2v) is 6.08. The summed E-state index contributed by atoms with van der Waals surface area (Å²) in [6.07, 6.45) is 0.829. The fourth-order valence-electron chi connectivity index (χ4n) is 2.87. The molecule has 0 aromatic heterocycles. The number of rotatable bonds is 4. The lowest BCUT2D eigenvalue weighted by Gasteiger charge is -2.29. The van der Waals surface area contributed by atoms with Crippen LogP contribution >= 0.6 is 0 Å². The third kappa shape index (κ3) is 3.82. The normalized spacial score (nSPS) is 20.5. The standard InChI is InChI=1S/C18H21NO5/c1-10-8-14(15(17(21)22)9-11(10)2)16(20)19-13-6-4-12(5-7-13)18(23)24-3/h4-7,14-15H,8-9H2,1-3H3,(H,19,20)(H,21,22)/t14-,15-/m1/s1. The van der Waals surface area contributed by atoms with E-state index >= 15 is 0 Å². The molecule has 2 atom stereocenters. The van der Waals surface area contributed by atoms with Gasteiger partial charge in [0.15, 0.2) is 0 Å². The number of benzene rings is 1. The Kier molecular flexibility index (Phi) is 5.39. The number of anilines is 1. The molecule has 24 heavy (non-hydrogen) atoms. The Labute approximate surface area is 140 Å². The molecular formula is C18H21NO5. The van der Waals surface area contributed by atoms with Crippen molar-refractivity contribution < 1.29 is 24.2 Å². The molecule has 0 spiro atoms. The van der Waals surface area contributed by atoms with E-state index in [0.29, 0.717) is 24.1 Å². The smallest absolute Gasteiger partial charge is 0.337 e. The number of carbonyl (C=O) groups is 3. The van der Waals surface area contributed by atoms with Crippen LogP contribution in [0.15, 0.2) is 35.4 Å². The van der Waals surface area contributed by atoms with Gasteiger partial charge in [-0.05, 0) is 51.0 Å². The first kappa shape index (κ1) is 17.7. The highest BCUT2D eigenvalue weighted by Crippen LogP contribution is 2.35. The average molecular weight is 331 g/mol. The van der Waals surface area contributed by atoms with Crippen molar-refractivity contribution in [1.29, 1.82) is 0 Å². The number of carboxylic acids is 1. The zero-order valence-electron chi connectivity index (χ0n) is 14.0. The summed E-state index contributed by atoms with van der Waals surface area (Å²) in [4.78, 5) is 35.4. The van der Waals surface area contributed by atoms with Gasteiger partial charge in [0.25, 0.3) is 0 Å². The van der Waals surface area contributed by atoms with Gasteiger partial charge in [-0.25, -0.2) is 4.79 Å².